The van der Waals surface area contributed by atoms with Crippen molar-refractivity contribution in [3.63, 3.8) is 0 Å². The first-order chi connectivity index (χ1) is 12.8. The molecule has 1 N–H and O–H groups in total. The number of nitrogens with one attached hydrogen (secondary N) is 1. The number of aromatic nitrogens is 4. The first-order valence-corrected chi connectivity index (χ1v) is 9.04. The normalized spacial score (nSPS) is 12.7. The summed E-state index contributed by atoms with van der Waals surface area (Å²) in [4.78, 5) is 10.3. The fourth-order valence-electron chi connectivity index (χ4n) is 2.93. The minimum atomic E-state index is 0.278. The van der Waals surface area contributed by atoms with Crippen LogP contribution < -0.4 is 14.8 Å². The Bertz CT molecular complexity index is 1090. The Morgan fingerprint density at radius 1 is 1.23 bits per heavy atom. The van der Waals surface area contributed by atoms with Crippen LogP contribution in [0.2, 0.25) is 0 Å². The average molecular weight is 365 g/mol. The standard InChI is InChI=1S/C18H15N5O2S/c1-11-9-26-17-15(11)16(21-18(22-17)23-6-2-5-20-23)19-8-12-3-4-13-14(7-12)25-10-24-13/h2-7,9H,8,10H2,1H3,(H,19,21,22). The van der Waals surface area contributed by atoms with Crippen molar-refractivity contribution in [3.05, 3.63) is 53.2 Å². The number of rotatable bonds is 4. The Kier molecular flexibility index (Phi) is 3.49. The van der Waals surface area contributed by atoms with E-state index < -0.39 is 0 Å². The molecule has 1 aromatic carbocycles. The summed E-state index contributed by atoms with van der Waals surface area (Å²) in [5.41, 5.74) is 2.25. The molecular formula is C18H15N5O2S. The highest BCUT2D eigenvalue weighted by Crippen LogP contribution is 2.33. The molecular weight excluding hydrogens is 350 g/mol. The van der Waals surface area contributed by atoms with Crippen LogP contribution in [0.3, 0.4) is 0 Å². The van der Waals surface area contributed by atoms with Gasteiger partial charge in [-0.3, -0.25) is 0 Å². The van der Waals surface area contributed by atoms with E-state index in [0.717, 1.165) is 38.7 Å². The molecule has 0 amide bonds. The van der Waals surface area contributed by atoms with Crippen LogP contribution in [0.5, 0.6) is 11.5 Å². The summed E-state index contributed by atoms with van der Waals surface area (Å²) in [5.74, 6) is 2.92. The third-order valence-electron chi connectivity index (χ3n) is 4.21. The van der Waals surface area contributed by atoms with Gasteiger partial charge >= 0.3 is 0 Å². The van der Waals surface area contributed by atoms with Crippen LogP contribution in [0.25, 0.3) is 16.2 Å². The molecule has 4 heterocycles. The van der Waals surface area contributed by atoms with Crippen LogP contribution in [0, 0.1) is 6.92 Å². The van der Waals surface area contributed by atoms with E-state index in [0.29, 0.717) is 12.5 Å². The van der Waals surface area contributed by atoms with Gasteiger partial charge in [-0.1, -0.05) is 6.07 Å². The maximum atomic E-state index is 5.45. The second-order valence-corrected chi connectivity index (χ2v) is 6.82. The Balaban J connectivity index is 1.50. The fraction of sp³-hybridized carbons (Fsp3) is 0.167. The van der Waals surface area contributed by atoms with Crippen molar-refractivity contribution in [2.45, 2.75) is 13.5 Å². The Hall–Kier alpha value is -3.13. The number of thiophene rings is 1. The Morgan fingerprint density at radius 2 is 2.15 bits per heavy atom. The van der Waals surface area contributed by atoms with Gasteiger partial charge in [0.05, 0.1) is 5.39 Å². The van der Waals surface area contributed by atoms with Gasteiger partial charge in [-0.2, -0.15) is 15.1 Å². The fourth-order valence-corrected chi connectivity index (χ4v) is 3.84. The maximum Gasteiger partial charge on any atom is 0.253 e. The van der Waals surface area contributed by atoms with E-state index in [2.05, 4.69) is 27.7 Å². The zero-order valence-corrected chi connectivity index (χ0v) is 14.8. The minimum absolute atomic E-state index is 0.278. The Morgan fingerprint density at radius 3 is 3.04 bits per heavy atom. The molecule has 0 saturated carbocycles. The van der Waals surface area contributed by atoms with Crippen molar-refractivity contribution >= 4 is 27.4 Å². The second kappa shape index (κ2) is 5.99. The molecule has 5 rings (SSSR count). The molecule has 4 aromatic rings. The van der Waals surface area contributed by atoms with Crippen molar-refractivity contribution in [2.24, 2.45) is 0 Å². The quantitative estimate of drug-likeness (QED) is 0.596. The molecule has 0 aliphatic carbocycles. The molecule has 26 heavy (non-hydrogen) atoms. The van der Waals surface area contributed by atoms with Crippen LogP contribution in [-0.4, -0.2) is 26.5 Å². The molecule has 0 atom stereocenters. The van der Waals surface area contributed by atoms with Gasteiger partial charge in [0, 0.05) is 18.9 Å². The van der Waals surface area contributed by atoms with Gasteiger partial charge in [-0.25, -0.2) is 4.68 Å². The summed E-state index contributed by atoms with van der Waals surface area (Å²) in [6, 6.07) is 7.79. The number of aryl methyl sites for hydroxylation is 1. The first-order valence-electron chi connectivity index (χ1n) is 8.16. The van der Waals surface area contributed by atoms with Crippen LogP contribution in [0.1, 0.15) is 11.1 Å². The number of nitrogens with zero attached hydrogens (tertiary/aromatic N) is 4. The second-order valence-electron chi connectivity index (χ2n) is 5.96. The molecule has 130 valence electrons. The van der Waals surface area contributed by atoms with Crippen molar-refractivity contribution in [3.8, 4) is 17.4 Å². The molecule has 0 fully saturated rings. The highest BCUT2D eigenvalue weighted by Gasteiger charge is 2.15. The largest absolute Gasteiger partial charge is 0.454 e. The molecule has 0 radical (unpaired) electrons. The molecule has 0 spiro atoms. The van der Waals surface area contributed by atoms with Crippen molar-refractivity contribution < 1.29 is 9.47 Å². The lowest BCUT2D eigenvalue weighted by molar-refractivity contribution is 0.174. The highest BCUT2D eigenvalue weighted by molar-refractivity contribution is 7.17. The van der Waals surface area contributed by atoms with Crippen molar-refractivity contribution in [2.75, 3.05) is 12.1 Å². The zero-order chi connectivity index (χ0) is 17.5. The molecule has 0 bridgehead atoms. The van der Waals surface area contributed by atoms with Crippen LogP contribution in [-0.2, 0) is 6.54 Å². The molecule has 1 aliphatic rings. The molecule has 1 aliphatic heterocycles. The lowest BCUT2D eigenvalue weighted by atomic mass is 10.2. The van der Waals surface area contributed by atoms with E-state index in [9.17, 15) is 0 Å². The van der Waals surface area contributed by atoms with Gasteiger partial charge in [0.15, 0.2) is 11.5 Å². The monoisotopic (exact) mass is 365 g/mol. The lowest BCUT2D eigenvalue weighted by Gasteiger charge is -2.10. The number of anilines is 1. The lowest BCUT2D eigenvalue weighted by Crippen LogP contribution is -2.07. The molecule has 0 saturated heterocycles. The number of fused-ring (bicyclic) bond motifs is 2. The van der Waals surface area contributed by atoms with Gasteiger partial charge in [0.25, 0.3) is 5.95 Å². The summed E-state index contributed by atoms with van der Waals surface area (Å²) in [6.07, 6.45) is 3.55. The summed E-state index contributed by atoms with van der Waals surface area (Å²) < 4.78 is 12.5. The summed E-state index contributed by atoms with van der Waals surface area (Å²) >= 11 is 1.61. The number of ether oxygens (including phenoxy) is 2. The first kappa shape index (κ1) is 15.2. The molecule has 3 aromatic heterocycles. The maximum absolute atomic E-state index is 5.45. The average Bonchev–Trinajstić information content (AvgIpc) is 3.40. The zero-order valence-electron chi connectivity index (χ0n) is 14.0. The van der Waals surface area contributed by atoms with Gasteiger partial charge in [-0.15, -0.1) is 11.3 Å². The summed E-state index contributed by atoms with van der Waals surface area (Å²) in [6.45, 7) is 2.97. The van der Waals surface area contributed by atoms with Crippen molar-refractivity contribution in [1.29, 1.82) is 0 Å². The number of benzene rings is 1. The van der Waals surface area contributed by atoms with Crippen LogP contribution in [0.15, 0.2) is 42.0 Å². The Labute approximate surface area is 153 Å². The van der Waals surface area contributed by atoms with Gasteiger partial charge < -0.3 is 14.8 Å². The number of hydrogen-bond acceptors (Lipinski definition) is 7. The molecule has 7 nitrogen and oxygen atoms in total. The van der Waals surface area contributed by atoms with Gasteiger partial charge in [0.1, 0.15) is 10.6 Å². The van der Waals surface area contributed by atoms with Gasteiger partial charge in [-0.05, 0) is 41.6 Å². The smallest absolute Gasteiger partial charge is 0.253 e. The van der Waals surface area contributed by atoms with E-state index in [4.69, 9.17) is 14.5 Å². The van der Waals surface area contributed by atoms with Crippen LogP contribution >= 0.6 is 11.3 Å². The van der Waals surface area contributed by atoms with E-state index in [1.807, 2.05) is 30.5 Å². The van der Waals surface area contributed by atoms with E-state index in [-0.39, 0.29) is 6.79 Å². The predicted molar refractivity (Wildman–Crippen MR) is 99.2 cm³/mol. The van der Waals surface area contributed by atoms with Crippen molar-refractivity contribution in [1.82, 2.24) is 19.7 Å². The van der Waals surface area contributed by atoms with Crippen LogP contribution in [0.4, 0.5) is 5.82 Å². The van der Waals surface area contributed by atoms with Gasteiger partial charge in [0.2, 0.25) is 6.79 Å². The highest BCUT2D eigenvalue weighted by atomic mass is 32.1. The number of hydrogen-bond donors (Lipinski definition) is 1. The third-order valence-corrected chi connectivity index (χ3v) is 5.20. The predicted octanol–water partition coefficient (Wildman–Crippen LogP) is 3.53. The SMILES string of the molecule is Cc1csc2nc(-n3cccn3)nc(NCc3ccc4c(c3)OCO4)c12. The molecule has 8 heteroatoms. The summed E-state index contributed by atoms with van der Waals surface area (Å²) in [7, 11) is 0. The molecule has 0 unspecified atom stereocenters. The topological polar surface area (TPSA) is 74.1 Å². The minimum Gasteiger partial charge on any atom is -0.454 e. The van der Waals surface area contributed by atoms with E-state index >= 15 is 0 Å². The third kappa shape index (κ3) is 2.55. The van der Waals surface area contributed by atoms with E-state index in [1.54, 1.807) is 22.2 Å². The summed E-state index contributed by atoms with van der Waals surface area (Å²) in [5, 5.41) is 10.8. The van der Waals surface area contributed by atoms with E-state index in [1.165, 1.54) is 0 Å².